The summed E-state index contributed by atoms with van der Waals surface area (Å²) in [4.78, 5) is 24.1. The van der Waals surface area contributed by atoms with E-state index in [9.17, 15) is 13.2 Å². The van der Waals surface area contributed by atoms with Crippen LogP contribution < -0.4 is 15.5 Å². The minimum atomic E-state index is -3.60. The number of hydrogen-bond acceptors (Lipinski definition) is 8. The second kappa shape index (κ2) is 12.2. The summed E-state index contributed by atoms with van der Waals surface area (Å²) in [7, 11) is -3.60. The Kier molecular flexibility index (Phi) is 8.72. The van der Waals surface area contributed by atoms with Crippen LogP contribution in [0.15, 0.2) is 43.0 Å². The van der Waals surface area contributed by atoms with Crippen molar-refractivity contribution in [1.82, 2.24) is 15.3 Å². The number of sulfone groups is 1. The lowest BCUT2D eigenvalue weighted by atomic mass is 10.0. The van der Waals surface area contributed by atoms with E-state index in [0.29, 0.717) is 75.1 Å². The molecule has 3 N–H and O–H groups in total. The molecule has 11 heteroatoms. The Bertz CT molecular complexity index is 1300. The highest BCUT2D eigenvalue weighted by Gasteiger charge is 2.54. The number of aliphatic hydroxyl groups excluding tert-OH is 1. The van der Waals surface area contributed by atoms with E-state index in [1.807, 2.05) is 18.2 Å². The van der Waals surface area contributed by atoms with Crippen LogP contribution in [-0.2, 0) is 19.3 Å². The van der Waals surface area contributed by atoms with Crippen molar-refractivity contribution in [2.75, 3.05) is 49.7 Å². The zero-order valence-corrected chi connectivity index (χ0v) is 23.7. The second-order valence-corrected chi connectivity index (χ2v) is 13.3. The fourth-order valence-electron chi connectivity index (χ4n) is 5.80. The molecule has 1 unspecified atom stereocenters. The van der Waals surface area contributed by atoms with Crippen molar-refractivity contribution in [3.05, 3.63) is 48.7 Å². The quantitative estimate of drug-likeness (QED) is 0.276. The minimum Gasteiger partial charge on any atom is -0.396 e. The van der Waals surface area contributed by atoms with Crippen LogP contribution in [0, 0.1) is 5.92 Å². The number of rotatable bonds is 11. The first kappa shape index (κ1) is 28.5. The highest BCUT2D eigenvalue weighted by Crippen LogP contribution is 2.51. The molecule has 216 valence electrons. The van der Waals surface area contributed by atoms with Gasteiger partial charge < -0.3 is 25.4 Å². The summed E-state index contributed by atoms with van der Waals surface area (Å²) in [6, 6.07) is 8.74. The number of carbonyl (C=O) groups is 1. The first-order valence-electron chi connectivity index (χ1n) is 14.2. The van der Waals surface area contributed by atoms with Gasteiger partial charge in [-0.05, 0) is 62.3 Å². The molecule has 10 nitrogen and oxygen atoms in total. The summed E-state index contributed by atoms with van der Waals surface area (Å²) in [5.74, 6) is 1.30. The summed E-state index contributed by atoms with van der Waals surface area (Å²) >= 11 is 0. The van der Waals surface area contributed by atoms with Crippen molar-refractivity contribution in [2.45, 2.75) is 54.9 Å². The van der Waals surface area contributed by atoms with Crippen LogP contribution in [0.1, 0.15) is 50.6 Å². The lowest BCUT2D eigenvalue weighted by Gasteiger charge is -2.34. The SMILES string of the molecule is C=CC(C1CC1)S(=O)(=O)C1(c2cc(N3CCOCC3)nc(-c3ccc(NC(=O)NCCCO)cc3)n2)CCCC1. The zero-order chi connectivity index (χ0) is 28.2. The number of nitrogens with zero attached hydrogens (tertiary/aromatic N) is 3. The van der Waals surface area contributed by atoms with E-state index in [0.717, 1.165) is 31.2 Å². The Morgan fingerprint density at radius 1 is 1.18 bits per heavy atom. The molecule has 1 aromatic carbocycles. The van der Waals surface area contributed by atoms with E-state index >= 15 is 0 Å². The summed E-state index contributed by atoms with van der Waals surface area (Å²) in [5, 5.41) is 13.8. The highest BCUT2D eigenvalue weighted by molar-refractivity contribution is 7.93. The smallest absolute Gasteiger partial charge is 0.319 e. The van der Waals surface area contributed by atoms with Gasteiger partial charge in [-0.25, -0.2) is 23.2 Å². The van der Waals surface area contributed by atoms with Crippen LogP contribution in [0.5, 0.6) is 0 Å². The van der Waals surface area contributed by atoms with Crippen LogP contribution >= 0.6 is 0 Å². The molecule has 0 spiro atoms. The molecule has 1 aliphatic heterocycles. The van der Waals surface area contributed by atoms with Crippen LogP contribution in [0.4, 0.5) is 16.3 Å². The number of aromatic nitrogens is 2. The third-order valence-electron chi connectivity index (χ3n) is 8.17. The molecule has 0 radical (unpaired) electrons. The summed E-state index contributed by atoms with van der Waals surface area (Å²) in [6.45, 7) is 6.80. The number of anilines is 2. The molecular formula is C29H39N5O5S. The summed E-state index contributed by atoms with van der Waals surface area (Å²) < 4.78 is 33.1. The third kappa shape index (κ3) is 5.87. The molecule has 3 aliphatic rings. The highest BCUT2D eigenvalue weighted by atomic mass is 32.2. The molecule has 5 rings (SSSR count). The van der Waals surface area contributed by atoms with Crippen molar-refractivity contribution in [3.8, 4) is 11.4 Å². The topological polar surface area (TPSA) is 134 Å². The summed E-state index contributed by atoms with van der Waals surface area (Å²) in [5.41, 5.74) is 1.90. The average molecular weight is 570 g/mol. The molecule has 0 bridgehead atoms. The van der Waals surface area contributed by atoms with E-state index < -0.39 is 19.8 Å². The molecule has 2 aliphatic carbocycles. The van der Waals surface area contributed by atoms with Gasteiger partial charge in [0.05, 0.1) is 24.2 Å². The van der Waals surface area contributed by atoms with Crippen LogP contribution in [-0.4, -0.2) is 74.2 Å². The fourth-order valence-corrected chi connectivity index (χ4v) is 8.61. The van der Waals surface area contributed by atoms with Gasteiger partial charge in [0.1, 0.15) is 10.6 Å². The summed E-state index contributed by atoms with van der Waals surface area (Å²) in [6.07, 6.45) is 6.70. The van der Waals surface area contributed by atoms with Gasteiger partial charge in [-0.2, -0.15) is 0 Å². The van der Waals surface area contributed by atoms with Crippen molar-refractivity contribution in [1.29, 1.82) is 0 Å². The van der Waals surface area contributed by atoms with Gasteiger partial charge in [-0.1, -0.05) is 18.9 Å². The van der Waals surface area contributed by atoms with Gasteiger partial charge in [0.15, 0.2) is 15.7 Å². The molecule has 2 aromatic rings. The Balaban J connectivity index is 1.51. The number of aliphatic hydroxyl groups is 1. The van der Waals surface area contributed by atoms with E-state index in [-0.39, 0.29) is 18.6 Å². The Morgan fingerprint density at radius 3 is 2.50 bits per heavy atom. The average Bonchev–Trinajstić information content (AvgIpc) is 3.66. The molecule has 40 heavy (non-hydrogen) atoms. The Labute approximate surface area is 236 Å². The van der Waals surface area contributed by atoms with Gasteiger partial charge in [0, 0.05) is 43.6 Å². The zero-order valence-electron chi connectivity index (χ0n) is 22.8. The minimum absolute atomic E-state index is 0.0118. The first-order valence-corrected chi connectivity index (χ1v) is 15.8. The molecule has 1 saturated heterocycles. The standard InChI is InChI=1S/C29H39N5O5S/c1-2-24(21-6-7-21)40(37,38)29(12-3-4-13-29)25-20-26(34-15-18-39-19-16-34)33-27(32-25)22-8-10-23(11-9-22)31-28(36)30-14-5-17-35/h2,8-11,20-21,24,35H,1,3-7,12-19H2,(H2,30,31,36). The van der Waals surface area contributed by atoms with Crippen LogP contribution in [0.3, 0.4) is 0 Å². The number of urea groups is 1. The molecule has 1 atom stereocenters. The number of benzene rings is 1. The lowest BCUT2D eigenvalue weighted by molar-refractivity contribution is 0.122. The van der Waals surface area contributed by atoms with E-state index in [1.165, 1.54) is 0 Å². The number of morpholine rings is 1. The van der Waals surface area contributed by atoms with Crippen molar-refractivity contribution >= 4 is 27.4 Å². The number of carbonyl (C=O) groups excluding carboxylic acids is 1. The van der Waals surface area contributed by atoms with E-state index in [4.69, 9.17) is 19.8 Å². The Hall–Kier alpha value is -3.02. The predicted molar refractivity (Wildman–Crippen MR) is 155 cm³/mol. The monoisotopic (exact) mass is 569 g/mol. The fraction of sp³-hybridized carbons (Fsp3) is 0.552. The van der Waals surface area contributed by atoms with Gasteiger partial charge in [0.2, 0.25) is 0 Å². The number of ether oxygens (including phenoxy) is 1. The maximum atomic E-state index is 14.3. The van der Waals surface area contributed by atoms with Gasteiger partial charge in [-0.15, -0.1) is 6.58 Å². The predicted octanol–water partition coefficient (Wildman–Crippen LogP) is 3.63. The lowest BCUT2D eigenvalue weighted by Crippen LogP contribution is -2.42. The molecule has 3 fully saturated rings. The maximum absolute atomic E-state index is 14.3. The number of nitrogens with one attached hydrogen (secondary N) is 2. The van der Waals surface area contributed by atoms with Crippen molar-refractivity contribution < 1.29 is 23.1 Å². The van der Waals surface area contributed by atoms with E-state index in [2.05, 4.69) is 22.1 Å². The third-order valence-corrected chi connectivity index (χ3v) is 11.2. The molecular weight excluding hydrogens is 530 g/mol. The first-order chi connectivity index (χ1) is 19.4. The van der Waals surface area contributed by atoms with E-state index in [1.54, 1.807) is 18.2 Å². The number of hydrogen-bond donors (Lipinski definition) is 3. The van der Waals surface area contributed by atoms with Gasteiger partial charge >= 0.3 is 6.03 Å². The van der Waals surface area contributed by atoms with Gasteiger partial charge in [-0.3, -0.25) is 0 Å². The maximum Gasteiger partial charge on any atom is 0.319 e. The number of amides is 2. The molecule has 2 saturated carbocycles. The molecule has 2 amide bonds. The molecule has 2 heterocycles. The second-order valence-electron chi connectivity index (χ2n) is 10.9. The Morgan fingerprint density at radius 2 is 1.88 bits per heavy atom. The normalized spacial score (nSPS) is 19.7. The van der Waals surface area contributed by atoms with Gasteiger partial charge in [0.25, 0.3) is 0 Å². The largest absolute Gasteiger partial charge is 0.396 e. The van der Waals surface area contributed by atoms with Crippen molar-refractivity contribution in [3.63, 3.8) is 0 Å². The van der Waals surface area contributed by atoms with Crippen molar-refractivity contribution in [2.24, 2.45) is 5.92 Å². The van der Waals surface area contributed by atoms with Crippen LogP contribution in [0.2, 0.25) is 0 Å². The molecule has 1 aromatic heterocycles. The van der Waals surface area contributed by atoms with Crippen LogP contribution in [0.25, 0.3) is 11.4 Å².